The van der Waals surface area contributed by atoms with Crippen molar-refractivity contribution < 1.29 is 4.74 Å². The minimum atomic E-state index is 0.291. The lowest BCUT2D eigenvalue weighted by atomic mass is 10.1. The van der Waals surface area contributed by atoms with E-state index in [0.717, 1.165) is 29.1 Å². The Kier molecular flexibility index (Phi) is 4.97. The van der Waals surface area contributed by atoms with Gasteiger partial charge in [0.1, 0.15) is 5.75 Å². The van der Waals surface area contributed by atoms with E-state index in [9.17, 15) is 0 Å². The van der Waals surface area contributed by atoms with Crippen molar-refractivity contribution in [2.24, 2.45) is 0 Å². The normalized spacial score (nSPS) is 12.2. The number of aryl methyl sites for hydroxylation is 2. The molecule has 2 rings (SSSR count). The van der Waals surface area contributed by atoms with Gasteiger partial charge in [0.25, 0.3) is 0 Å². The van der Waals surface area contributed by atoms with Crippen molar-refractivity contribution in [3.05, 3.63) is 58.4 Å². The summed E-state index contributed by atoms with van der Waals surface area (Å²) in [6, 6.07) is 8.92. The van der Waals surface area contributed by atoms with Gasteiger partial charge in [-0.1, -0.05) is 29.8 Å². The smallest absolute Gasteiger partial charge is 0.128 e. The number of hydrogen-bond donors (Lipinski definition) is 1. The van der Waals surface area contributed by atoms with Crippen molar-refractivity contribution in [3.8, 4) is 5.75 Å². The van der Waals surface area contributed by atoms with Gasteiger partial charge in [-0.15, -0.1) is 0 Å². The van der Waals surface area contributed by atoms with Crippen molar-refractivity contribution >= 4 is 0 Å². The van der Waals surface area contributed by atoms with Crippen molar-refractivity contribution in [2.75, 3.05) is 7.11 Å². The lowest BCUT2D eigenvalue weighted by Crippen LogP contribution is -2.19. The molecular formula is C18H24N2O. The monoisotopic (exact) mass is 284 g/mol. The second kappa shape index (κ2) is 6.72. The average Bonchev–Trinajstić information content (AvgIpc) is 2.47. The Morgan fingerprint density at radius 2 is 1.81 bits per heavy atom. The molecule has 0 aliphatic rings. The lowest BCUT2D eigenvalue weighted by molar-refractivity contribution is 0.406. The Hall–Kier alpha value is -1.87. The molecular weight excluding hydrogens is 260 g/mol. The molecule has 1 aromatic carbocycles. The van der Waals surface area contributed by atoms with Crippen LogP contribution in [-0.4, -0.2) is 12.1 Å². The van der Waals surface area contributed by atoms with E-state index in [1.165, 1.54) is 11.1 Å². The Bertz CT molecular complexity index is 605. The van der Waals surface area contributed by atoms with Gasteiger partial charge in [-0.3, -0.25) is 4.98 Å². The fraction of sp³-hybridized carbons (Fsp3) is 0.389. The third-order valence-corrected chi connectivity index (χ3v) is 3.90. The van der Waals surface area contributed by atoms with Crippen molar-refractivity contribution in [2.45, 2.75) is 40.3 Å². The molecule has 1 heterocycles. The Morgan fingerprint density at radius 1 is 1.14 bits per heavy atom. The Balaban J connectivity index is 2.08. The van der Waals surface area contributed by atoms with E-state index >= 15 is 0 Å². The fourth-order valence-electron chi connectivity index (χ4n) is 2.47. The lowest BCUT2D eigenvalue weighted by Gasteiger charge is -2.17. The summed E-state index contributed by atoms with van der Waals surface area (Å²) in [5, 5.41) is 3.53. The molecule has 3 heteroatoms. The standard InChI is InChI=1S/C18H24N2O/c1-12-6-8-16(9-7-12)15(4)19-11-17-14(3)18(21-5)13(2)10-20-17/h6-10,15,19H,11H2,1-5H3. The van der Waals surface area contributed by atoms with Crippen molar-refractivity contribution in [3.63, 3.8) is 0 Å². The summed E-state index contributed by atoms with van der Waals surface area (Å²) in [6.07, 6.45) is 1.87. The van der Waals surface area contributed by atoms with Crippen LogP contribution < -0.4 is 10.1 Å². The highest BCUT2D eigenvalue weighted by molar-refractivity contribution is 5.41. The fourth-order valence-corrected chi connectivity index (χ4v) is 2.47. The van der Waals surface area contributed by atoms with Crippen LogP contribution >= 0.6 is 0 Å². The predicted molar refractivity (Wildman–Crippen MR) is 86.7 cm³/mol. The highest BCUT2D eigenvalue weighted by Gasteiger charge is 2.11. The highest BCUT2D eigenvalue weighted by atomic mass is 16.5. The number of nitrogens with one attached hydrogen (secondary N) is 1. The van der Waals surface area contributed by atoms with Gasteiger partial charge in [0.05, 0.1) is 12.8 Å². The van der Waals surface area contributed by atoms with Crippen LogP contribution in [0.4, 0.5) is 0 Å². The minimum absolute atomic E-state index is 0.291. The first-order chi connectivity index (χ1) is 10.0. The summed E-state index contributed by atoms with van der Waals surface area (Å²) in [5.74, 6) is 0.935. The van der Waals surface area contributed by atoms with Crippen LogP contribution in [0.3, 0.4) is 0 Å². The van der Waals surface area contributed by atoms with Gasteiger partial charge >= 0.3 is 0 Å². The number of pyridine rings is 1. The van der Waals surface area contributed by atoms with Crippen molar-refractivity contribution in [1.29, 1.82) is 0 Å². The third kappa shape index (κ3) is 3.61. The first kappa shape index (κ1) is 15.5. The molecule has 3 nitrogen and oxygen atoms in total. The molecule has 112 valence electrons. The molecule has 1 N–H and O–H groups in total. The number of benzene rings is 1. The van der Waals surface area contributed by atoms with E-state index < -0.39 is 0 Å². The first-order valence-corrected chi connectivity index (χ1v) is 7.32. The largest absolute Gasteiger partial charge is 0.496 e. The molecule has 0 spiro atoms. The summed E-state index contributed by atoms with van der Waals surface area (Å²) >= 11 is 0. The van der Waals surface area contributed by atoms with Crippen LogP contribution in [-0.2, 0) is 6.54 Å². The number of ether oxygens (including phenoxy) is 1. The number of rotatable bonds is 5. The SMILES string of the molecule is COc1c(C)cnc(CNC(C)c2ccc(C)cc2)c1C. The molecule has 1 unspecified atom stereocenters. The van der Waals surface area contributed by atoms with Crippen LogP contribution in [0.1, 0.15) is 40.9 Å². The molecule has 1 atom stereocenters. The first-order valence-electron chi connectivity index (χ1n) is 7.32. The minimum Gasteiger partial charge on any atom is -0.496 e. The molecule has 0 saturated heterocycles. The third-order valence-electron chi connectivity index (χ3n) is 3.90. The number of methoxy groups -OCH3 is 1. The second-order valence-corrected chi connectivity index (χ2v) is 5.56. The van der Waals surface area contributed by atoms with E-state index in [4.69, 9.17) is 4.74 Å². The summed E-state index contributed by atoms with van der Waals surface area (Å²) < 4.78 is 5.45. The zero-order valence-electron chi connectivity index (χ0n) is 13.5. The summed E-state index contributed by atoms with van der Waals surface area (Å²) in [5.41, 5.74) is 5.80. The Morgan fingerprint density at radius 3 is 2.43 bits per heavy atom. The summed E-state index contributed by atoms with van der Waals surface area (Å²) in [6.45, 7) is 9.09. The van der Waals surface area contributed by atoms with Gasteiger partial charge in [0.15, 0.2) is 0 Å². The molecule has 0 aliphatic carbocycles. The molecule has 0 aliphatic heterocycles. The molecule has 21 heavy (non-hydrogen) atoms. The Labute approximate surface area is 127 Å². The summed E-state index contributed by atoms with van der Waals surface area (Å²) in [7, 11) is 1.71. The van der Waals surface area contributed by atoms with Gasteiger partial charge in [-0.25, -0.2) is 0 Å². The molecule has 0 amide bonds. The highest BCUT2D eigenvalue weighted by Crippen LogP contribution is 2.24. The van der Waals surface area contributed by atoms with E-state index in [0.29, 0.717) is 6.04 Å². The number of hydrogen-bond acceptors (Lipinski definition) is 3. The van der Waals surface area contributed by atoms with E-state index in [-0.39, 0.29) is 0 Å². The van der Waals surface area contributed by atoms with Crippen LogP contribution in [0, 0.1) is 20.8 Å². The van der Waals surface area contributed by atoms with E-state index in [1.807, 2.05) is 13.1 Å². The van der Waals surface area contributed by atoms with Gasteiger partial charge in [0, 0.05) is 29.9 Å². The quantitative estimate of drug-likeness (QED) is 0.905. The van der Waals surface area contributed by atoms with Crippen LogP contribution in [0.2, 0.25) is 0 Å². The van der Waals surface area contributed by atoms with Gasteiger partial charge in [-0.2, -0.15) is 0 Å². The molecule has 1 aromatic heterocycles. The van der Waals surface area contributed by atoms with Crippen LogP contribution in [0.15, 0.2) is 30.5 Å². The molecule has 2 aromatic rings. The zero-order valence-corrected chi connectivity index (χ0v) is 13.5. The van der Waals surface area contributed by atoms with Gasteiger partial charge < -0.3 is 10.1 Å². The van der Waals surface area contributed by atoms with Crippen molar-refractivity contribution in [1.82, 2.24) is 10.3 Å². The molecule has 0 radical (unpaired) electrons. The average molecular weight is 284 g/mol. The maximum atomic E-state index is 5.45. The number of aromatic nitrogens is 1. The van der Waals surface area contributed by atoms with Gasteiger partial charge in [0.2, 0.25) is 0 Å². The number of nitrogens with zero attached hydrogens (tertiary/aromatic N) is 1. The second-order valence-electron chi connectivity index (χ2n) is 5.56. The predicted octanol–water partition coefficient (Wildman–Crippen LogP) is 3.87. The van der Waals surface area contributed by atoms with Gasteiger partial charge in [-0.05, 0) is 33.3 Å². The van der Waals surface area contributed by atoms with Crippen LogP contribution in [0.25, 0.3) is 0 Å². The summed E-state index contributed by atoms with van der Waals surface area (Å²) in [4.78, 5) is 4.52. The maximum Gasteiger partial charge on any atom is 0.128 e. The van der Waals surface area contributed by atoms with Crippen LogP contribution in [0.5, 0.6) is 5.75 Å². The van der Waals surface area contributed by atoms with E-state index in [1.54, 1.807) is 7.11 Å². The topological polar surface area (TPSA) is 34.1 Å². The zero-order chi connectivity index (χ0) is 15.4. The van der Waals surface area contributed by atoms with E-state index in [2.05, 4.69) is 55.3 Å². The molecule has 0 saturated carbocycles. The molecule has 0 bridgehead atoms. The maximum absolute atomic E-state index is 5.45. The molecule has 0 fully saturated rings.